The van der Waals surface area contributed by atoms with Gasteiger partial charge >= 0.3 is 6.09 Å². The van der Waals surface area contributed by atoms with E-state index in [0.717, 1.165) is 0 Å². The Hall–Kier alpha value is -1.26. The number of carbonyl (C=O) groups excluding carboxylic acids is 2. The fourth-order valence-corrected chi connectivity index (χ4v) is 1.45. The summed E-state index contributed by atoms with van der Waals surface area (Å²) >= 11 is 0. The summed E-state index contributed by atoms with van der Waals surface area (Å²) in [6.07, 6.45) is 0.188. The number of amides is 2. The molecule has 2 unspecified atom stereocenters. The molecule has 0 aliphatic rings. The Morgan fingerprint density at radius 1 is 1.29 bits per heavy atom. The van der Waals surface area contributed by atoms with Crippen LogP contribution in [0, 0.1) is 5.92 Å². The molecule has 0 aromatic rings. The second-order valence-electron chi connectivity index (χ2n) is 5.06. The molecule has 0 aliphatic carbocycles. The zero-order valence-corrected chi connectivity index (χ0v) is 11.6. The lowest BCUT2D eigenvalue weighted by molar-refractivity contribution is -0.124. The van der Waals surface area contributed by atoms with Gasteiger partial charge in [0.05, 0.1) is 5.92 Å². The molecule has 2 N–H and O–H groups in total. The number of hydrogen-bond donors (Lipinski definition) is 2. The lowest BCUT2D eigenvalue weighted by Crippen LogP contribution is -2.46. The molecule has 2 atom stereocenters. The van der Waals surface area contributed by atoms with Gasteiger partial charge in [-0.25, -0.2) is 4.79 Å². The molecule has 0 spiro atoms. The zero-order chi connectivity index (χ0) is 13.6. The van der Waals surface area contributed by atoms with E-state index in [-0.39, 0.29) is 17.9 Å². The second kappa shape index (κ2) is 6.47. The minimum absolute atomic E-state index is 0.0899. The normalized spacial score (nSPS) is 14.7. The van der Waals surface area contributed by atoms with Crippen molar-refractivity contribution < 1.29 is 14.3 Å². The molecule has 0 saturated carbocycles. The van der Waals surface area contributed by atoms with Gasteiger partial charge in [-0.05, 0) is 27.2 Å². The third kappa shape index (κ3) is 6.14. The summed E-state index contributed by atoms with van der Waals surface area (Å²) in [5.41, 5.74) is -0.529. The number of hydrogen-bond acceptors (Lipinski definition) is 3. The Balaban J connectivity index is 4.40. The fraction of sp³-hybridized carbons (Fsp3) is 0.833. The third-order valence-corrected chi connectivity index (χ3v) is 2.41. The molecule has 0 aliphatic heterocycles. The molecule has 5 nitrogen and oxygen atoms in total. The van der Waals surface area contributed by atoms with Gasteiger partial charge in [0.1, 0.15) is 5.60 Å². The molecular formula is C12H24N2O3. The maximum atomic E-state index is 11.6. The molecule has 0 rings (SSSR count). The highest BCUT2D eigenvalue weighted by Gasteiger charge is 2.25. The Labute approximate surface area is 103 Å². The Bertz CT molecular complexity index is 271. The van der Waals surface area contributed by atoms with E-state index in [0.29, 0.717) is 6.42 Å². The van der Waals surface area contributed by atoms with Crippen molar-refractivity contribution in [3.05, 3.63) is 0 Å². The van der Waals surface area contributed by atoms with Crippen molar-refractivity contribution in [2.24, 2.45) is 5.92 Å². The van der Waals surface area contributed by atoms with Crippen molar-refractivity contribution in [2.45, 2.75) is 52.7 Å². The highest BCUT2D eigenvalue weighted by molar-refractivity contribution is 5.79. The van der Waals surface area contributed by atoms with Crippen LogP contribution in [-0.2, 0) is 9.53 Å². The third-order valence-electron chi connectivity index (χ3n) is 2.41. The maximum Gasteiger partial charge on any atom is 0.407 e. The number of carbonyl (C=O) groups is 2. The van der Waals surface area contributed by atoms with Gasteiger partial charge in [0, 0.05) is 13.1 Å². The van der Waals surface area contributed by atoms with Crippen molar-refractivity contribution in [2.75, 3.05) is 7.05 Å². The number of nitrogens with one attached hydrogen (secondary N) is 2. The first-order valence-electron chi connectivity index (χ1n) is 5.92. The molecule has 2 amide bonds. The van der Waals surface area contributed by atoms with Crippen LogP contribution < -0.4 is 10.6 Å². The molecule has 17 heavy (non-hydrogen) atoms. The largest absolute Gasteiger partial charge is 0.444 e. The van der Waals surface area contributed by atoms with Crippen molar-refractivity contribution in [3.8, 4) is 0 Å². The van der Waals surface area contributed by atoms with Gasteiger partial charge in [0.25, 0.3) is 0 Å². The van der Waals surface area contributed by atoms with Crippen LogP contribution >= 0.6 is 0 Å². The van der Waals surface area contributed by atoms with Gasteiger partial charge in [-0.1, -0.05) is 13.8 Å². The van der Waals surface area contributed by atoms with E-state index in [2.05, 4.69) is 10.6 Å². The van der Waals surface area contributed by atoms with Crippen LogP contribution in [0.4, 0.5) is 4.79 Å². The van der Waals surface area contributed by atoms with Crippen LogP contribution in [0.5, 0.6) is 0 Å². The average Bonchev–Trinajstić information content (AvgIpc) is 2.21. The van der Waals surface area contributed by atoms with Gasteiger partial charge in [-0.15, -0.1) is 0 Å². The summed E-state index contributed by atoms with van der Waals surface area (Å²) in [6, 6.07) is -0.218. The lowest BCUT2D eigenvalue weighted by atomic mass is 9.99. The summed E-state index contributed by atoms with van der Waals surface area (Å²) in [7, 11) is 1.58. The van der Waals surface area contributed by atoms with E-state index >= 15 is 0 Å². The lowest BCUT2D eigenvalue weighted by Gasteiger charge is -2.25. The quantitative estimate of drug-likeness (QED) is 0.790. The van der Waals surface area contributed by atoms with Crippen LogP contribution in [0.3, 0.4) is 0 Å². The van der Waals surface area contributed by atoms with Crippen LogP contribution in [0.1, 0.15) is 41.0 Å². The first-order chi connectivity index (χ1) is 7.71. The molecule has 0 bridgehead atoms. The van der Waals surface area contributed by atoms with Crippen LogP contribution in [0.2, 0.25) is 0 Å². The monoisotopic (exact) mass is 244 g/mol. The summed E-state index contributed by atoms with van der Waals surface area (Å²) < 4.78 is 5.15. The standard InChI is InChI=1S/C12H24N2O3/c1-7-9(8(2)10(15)13-6)14-11(16)17-12(3,4)5/h8-9H,7H2,1-6H3,(H,13,15)(H,14,16). The molecule has 0 fully saturated rings. The van der Waals surface area contributed by atoms with E-state index in [1.165, 1.54) is 0 Å². The van der Waals surface area contributed by atoms with Crippen molar-refractivity contribution in [1.82, 2.24) is 10.6 Å². The molecule has 0 aromatic heterocycles. The van der Waals surface area contributed by atoms with Gasteiger partial charge in [0.15, 0.2) is 0 Å². The Morgan fingerprint density at radius 3 is 2.18 bits per heavy atom. The predicted octanol–water partition coefficient (Wildman–Crippen LogP) is 1.67. The number of rotatable bonds is 4. The van der Waals surface area contributed by atoms with E-state index < -0.39 is 11.7 Å². The topological polar surface area (TPSA) is 67.4 Å². The highest BCUT2D eigenvalue weighted by Crippen LogP contribution is 2.10. The summed E-state index contributed by atoms with van der Waals surface area (Å²) in [6.45, 7) is 9.10. The van der Waals surface area contributed by atoms with E-state index in [4.69, 9.17) is 4.74 Å². The molecule has 5 heteroatoms. The number of ether oxygens (including phenoxy) is 1. The van der Waals surface area contributed by atoms with Gasteiger partial charge in [0.2, 0.25) is 5.91 Å². The van der Waals surface area contributed by atoms with Crippen molar-refractivity contribution in [3.63, 3.8) is 0 Å². The second-order valence-corrected chi connectivity index (χ2v) is 5.06. The van der Waals surface area contributed by atoms with Crippen LogP contribution in [-0.4, -0.2) is 30.7 Å². The molecular weight excluding hydrogens is 220 g/mol. The molecule has 0 heterocycles. The minimum Gasteiger partial charge on any atom is -0.444 e. The highest BCUT2D eigenvalue weighted by atomic mass is 16.6. The molecule has 100 valence electrons. The Morgan fingerprint density at radius 2 is 1.82 bits per heavy atom. The summed E-state index contributed by atoms with van der Waals surface area (Å²) in [5.74, 6) is -0.370. The zero-order valence-electron chi connectivity index (χ0n) is 11.6. The van der Waals surface area contributed by atoms with E-state index in [1.54, 1.807) is 34.7 Å². The minimum atomic E-state index is -0.529. The molecule has 0 saturated heterocycles. The maximum absolute atomic E-state index is 11.6. The van der Waals surface area contributed by atoms with Crippen molar-refractivity contribution >= 4 is 12.0 Å². The van der Waals surface area contributed by atoms with Crippen LogP contribution in [0.15, 0.2) is 0 Å². The molecule has 0 radical (unpaired) electrons. The van der Waals surface area contributed by atoms with Gasteiger partial charge < -0.3 is 15.4 Å². The fourth-order valence-electron chi connectivity index (χ4n) is 1.45. The summed E-state index contributed by atoms with van der Waals surface area (Å²) in [5, 5.41) is 5.29. The summed E-state index contributed by atoms with van der Waals surface area (Å²) in [4.78, 5) is 23.1. The van der Waals surface area contributed by atoms with Gasteiger partial charge in [-0.2, -0.15) is 0 Å². The van der Waals surface area contributed by atoms with Gasteiger partial charge in [-0.3, -0.25) is 4.79 Å². The van der Waals surface area contributed by atoms with E-state index in [9.17, 15) is 9.59 Å². The smallest absolute Gasteiger partial charge is 0.407 e. The first kappa shape index (κ1) is 15.7. The Kier molecular flexibility index (Phi) is 5.99. The van der Waals surface area contributed by atoms with E-state index in [1.807, 2.05) is 6.92 Å². The van der Waals surface area contributed by atoms with Crippen molar-refractivity contribution in [1.29, 1.82) is 0 Å². The predicted molar refractivity (Wildman–Crippen MR) is 66.7 cm³/mol. The number of alkyl carbamates (subject to hydrolysis) is 1. The first-order valence-corrected chi connectivity index (χ1v) is 5.92. The molecule has 0 aromatic carbocycles. The van der Waals surface area contributed by atoms with Crippen LogP contribution in [0.25, 0.3) is 0 Å². The average molecular weight is 244 g/mol. The SMILES string of the molecule is CCC(NC(=O)OC(C)(C)C)C(C)C(=O)NC.